The molecule has 1 unspecified atom stereocenters. The lowest BCUT2D eigenvalue weighted by Crippen LogP contribution is -2.34. The average molecular weight is 520 g/mol. The van der Waals surface area contributed by atoms with E-state index in [0.29, 0.717) is 26.6 Å². The van der Waals surface area contributed by atoms with Crippen LogP contribution < -0.4 is 10.1 Å². The van der Waals surface area contributed by atoms with E-state index in [0.717, 1.165) is 0 Å². The molecule has 1 heterocycles. The highest BCUT2D eigenvalue weighted by Crippen LogP contribution is 2.37. The Kier molecular flexibility index (Phi) is 8.71. The van der Waals surface area contributed by atoms with E-state index in [1.165, 1.54) is 12.5 Å². The van der Waals surface area contributed by atoms with Gasteiger partial charge >= 0.3 is 12.1 Å². The van der Waals surface area contributed by atoms with Crippen LogP contribution in [0.1, 0.15) is 36.7 Å². The van der Waals surface area contributed by atoms with E-state index in [9.17, 15) is 19.2 Å². The van der Waals surface area contributed by atoms with E-state index in [1.807, 2.05) is 0 Å². The number of alkyl carbamates (subject to hydrolysis) is 1. The third kappa shape index (κ3) is 7.42. The molecule has 35 heavy (non-hydrogen) atoms. The summed E-state index contributed by atoms with van der Waals surface area (Å²) in [6.45, 7) is 5.30. The molecule has 0 aliphatic carbocycles. The van der Waals surface area contributed by atoms with Gasteiger partial charge in [0.25, 0.3) is 0 Å². The van der Waals surface area contributed by atoms with Crippen molar-refractivity contribution in [2.24, 2.45) is 0 Å². The number of carbonyl (C=O) groups is 2. The second-order valence-electron chi connectivity index (χ2n) is 8.52. The van der Waals surface area contributed by atoms with E-state index >= 15 is 0 Å². The second kappa shape index (κ2) is 11.5. The van der Waals surface area contributed by atoms with Crippen molar-refractivity contribution in [3.05, 3.63) is 71.1 Å². The van der Waals surface area contributed by atoms with Crippen molar-refractivity contribution < 1.29 is 33.1 Å². The van der Waals surface area contributed by atoms with Crippen LogP contribution in [0.15, 0.2) is 64.3 Å². The molecular formula is C25H26ClNO7S. The average Bonchev–Trinajstić information content (AvgIpc) is 3.30. The Morgan fingerprint density at radius 3 is 2.60 bits per heavy atom. The van der Waals surface area contributed by atoms with Crippen molar-refractivity contribution in [1.29, 1.82) is 0 Å². The summed E-state index contributed by atoms with van der Waals surface area (Å²) in [5.41, 5.74) is 0.674. The first-order valence-electron chi connectivity index (χ1n) is 10.7. The molecule has 8 nitrogen and oxygen atoms in total. The molecular weight excluding hydrogens is 494 g/mol. The summed E-state index contributed by atoms with van der Waals surface area (Å²) in [7, 11) is 0. The van der Waals surface area contributed by atoms with Gasteiger partial charge in [0.05, 0.1) is 19.1 Å². The number of ether oxygens (including phenoxy) is 2. The van der Waals surface area contributed by atoms with E-state index in [-0.39, 0.29) is 30.2 Å². The van der Waals surface area contributed by atoms with Crippen LogP contribution in [-0.2, 0) is 21.7 Å². The molecule has 1 amide bonds. The van der Waals surface area contributed by atoms with E-state index in [1.54, 1.807) is 63.2 Å². The number of furan rings is 1. The zero-order valence-electron chi connectivity index (χ0n) is 19.5. The molecule has 0 bridgehead atoms. The maximum Gasteiger partial charge on any atom is 0.407 e. The zero-order valence-corrected chi connectivity index (χ0v) is 21.1. The highest BCUT2D eigenvalue weighted by atomic mass is 35.5. The predicted octanol–water partition coefficient (Wildman–Crippen LogP) is 5.51. The van der Waals surface area contributed by atoms with Gasteiger partial charge < -0.3 is 28.9 Å². The van der Waals surface area contributed by atoms with E-state index in [4.69, 9.17) is 25.5 Å². The maximum atomic E-state index is 13.0. The van der Waals surface area contributed by atoms with Crippen molar-refractivity contribution in [3.8, 4) is 16.9 Å². The SMILES string of the molecule is CC(C)(C)OC(=O)NCCOc1c(-c2ccoc2)ccc(C[S+]([O-])c2cccc(Cl)c2)c1C(=O)O. The van der Waals surface area contributed by atoms with Gasteiger partial charge in [-0.25, -0.2) is 9.59 Å². The van der Waals surface area contributed by atoms with Gasteiger partial charge in [-0.1, -0.05) is 29.8 Å². The number of nitrogens with one attached hydrogen (secondary N) is 1. The van der Waals surface area contributed by atoms with Gasteiger partial charge in [0.15, 0.2) is 4.90 Å². The molecule has 1 atom stereocenters. The van der Waals surface area contributed by atoms with Crippen LogP contribution in [0.4, 0.5) is 4.79 Å². The molecule has 0 radical (unpaired) electrons. The molecule has 186 valence electrons. The number of carboxylic acid groups (broad SMARTS) is 1. The molecule has 0 fully saturated rings. The highest BCUT2D eigenvalue weighted by molar-refractivity contribution is 7.90. The fraction of sp³-hybridized carbons (Fsp3) is 0.280. The highest BCUT2D eigenvalue weighted by Gasteiger charge is 2.26. The Balaban J connectivity index is 1.87. The first kappa shape index (κ1) is 26.5. The Hall–Kier alpha value is -3.14. The zero-order chi connectivity index (χ0) is 25.6. The van der Waals surface area contributed by atoms with Gasteiger partial charge in [0.1, 0.15) is 29.3 Å². The standard InChI is InChI=1S/C25H26ClNO7S/c1-25(2,3)34-24(30)27-10-12-33-22-20(16-9-11-32-14-16)8-7-17(21(22)23(28)29)15-35(31)19-6-4-5-18(26)13-19/h4-9,11,13-14H,10,12,15H2,1-3H3,(H,27,30)(H,28,29). The van der Waals surface area contributed by atoms with E-state index in [2.05, 4.69) is 5.32 Å². The van der Waals surface area contributed by atoms with Crippen molar-refractivity contribution in [3.63, 3.8) is 0 Å². The number of aromatic carboxylic acids is 1. The first-order chi connectivity index (χ1) is 16.5. The van der Waals surface area contributed by atoms with Gasteiger partial charge in [-0.2, -0.15) is 0 Å². The minimum Gasteiger partial charge on any atom is -0.611 e. The van der Waals surface area contributed by atoms with Crippen LogP contribution in [0.5, 0.6) is 5.75 Å². The van der Waals surface area contributed by atoms with Gasteiger partial charge in [-0.05, 0) is 50.1 Å². The monoisotopic (exact) mass is 519 g/mol. The summed E-state index contributed by atoms with van der Waals surface area (Å²) in [5, 5.41) is 13.1. The minimum absolute atomic E-state index is 0.0226. The third-order valence-corrected chi connectivity index (χ3v) is 6.24. The fourth-order valence-electron chi connectivity index (χ4n) is 3.23. The Morgan fingerprint density at radius 1 is 1.20 bits per heavy atom. The lowest BCUT2D eigenvalue weighted by atomic mass is 9.99. The molecule has 0 saturated carbocycles. The summed E-state index contributed by atoms with van der Waals surface area (Å²) in [4.78, 5) is 24.7. The molecule has 10 heteroatoms. The normalized spacial score (nSPS) is 12.1. The molecule has 2 N–H and O–H groups in total. The Morgan fingerprint density at radius 2 is 1.97 bits per heavy atom. The Labute approximate surface area is 211 Å². The van der Waals surface area contributed by atoms with Gasteiger partial charge in [0.2, 0.25) is 0 Å². The van der Waals surface area contributed by atoms with Crippen LogP contribution >= 0.6 is 11.6 Å². The fourth-order valence-corrected chi connectivity index (χ4v) is 4.66. The quantitative estimate of drug-likeness (QED) is 0.282. The summed E-state index contributed by atoms with van der Waals surface area (Å²) in [6, 6.07) is 11.6. The van der Waals surface area contributed by atoms with Crippen LogP contribution in [0.2, 0.25) is 5.02 Å². The lowest BCUT2D eigenvalue weighted by Gasteiger charge is -2.20. The van der Waals surface area contributed by atoms with Gasteiger partial charge in [0, 0.05) is 27.8 Å². The summed E-state index contributed by atoms with van der Waals surface area (Å²) in [6.07, 6.45) is 2.32. The third-order valence-electron chi connectivity index (χ3n) is 4.65. The number of carbonyl (C=O) groups excluding carboxylic acids is 1. The van der Waals surface area contributed by atoms with E-state index < -0.39 is 28.8 Å². The number of benzene rings is 2. The van der Waals surface area contributed by atoms with Crippen LogP contribution in [0, 0.1) is 0 Å². The van der Waals surface area contributed by atoms with Crippen LogP contribution in [0.25, 0.3) is 11.1 Å². The predicted molar refractivity (Wildman–Crippen MR) is 132 cm³/mol. The number of carboxylic acids is 1. The minimum atomic E-state index is -1.54. The van der Waals surface area contributed by atoms with Crippen molar-refractivity contribution in [1.82, 2.24) is 5.32 Å². The van der Waals surface area contributed by atoms with Crippen molar-refractivity contribution >= 4 is 34.8 Å². The topological polar surface area (TPSA) is 121 Å². The summed E-state index contributed by atoms with van der Waals surface area (Å²) < 4.78 is 29.2. The van der Waals surface area contributed by atoms with Gasteiger partial charge in [-0.3, -0.25) is 0 Å². The molecule has 3 aromatic rings. The van der Waals surface area contributed by atoms with Crippen LogP contribution in [-0.4, -0.2) is 40.5 Å². The van der Waals surface area contributed by atoms with Crippen LogP contribution in [0.3, 0.4) is 0 Å². The summed E-state index contributed by atoms with van der Waals surface area (Å²) in [5.74, 6) is -1.20. The van der Waals surface area contributed by atoms with Gasteiger partial charge in [-0.15, -0.1) is 0 Å². The number of rotatable bonds is 9. The second-order valence-corrected chi connectivity index (χ2v) is 10.4. The molecule has 2 aromatic carbocycles. The molecule has 0 saturated heterocycles. The molecule has 3 rings (SSSR count). The maximum absolute atomic E-state index is 13.0. The smallest absolute Gasteiger partial charge is 0.407 e. The number of amides is 1. The number of hydrogen-bond donors (Lipinski definition) is 2. The van der Waals surface area contributed by atoms with Crippen molar-refractivity contribution in [2.75, 3.05) is 13.2 Å². The number of halogens is 1. The molecule has 0 aliphatic heterocycles. The largest absolute Gasteiger partial charge is 0.611 e. The molecule has 0 aliphatic rings. The Bertz CT molecular complexity index is 1180. The lowest BCUT2D eigenvalue weighted by molar-refractivity contribution is 0.0518. The van der Waals surface area contributed by atoms with Crippen molar-refractivity contribution in [2.45, 2.75) is 37.0 Å². The summed E-state index contributed by atoms with van der Waals surface area (Å²) >= 11 is 4.47. The first-order valence-corrected chi connectivity index (χ1v) is 12.4. The number of hydrogen-bond acceptors (Lipinski definition) is 6. The molecule has 0 spiro atoms. The molecule has 1 aromatic heterocycles.